The molecule has 0 radical (unpaired) electrons. The third-order valence-corrected chi connectivity index (χ3v) is 4.18. The fourth-order valence-corrected chi connectivity index (χ4v) is 2.65. The summed E-state index contributed by atoms with van der Waals surface area (Å²) < 4.78 is 6.94. The number of nitrogens with zero attached hydrogens (tertiary/aromatic N) is 8. The Hall–Kier alpha value is -3.50. The van der Waals surface area contributed by atoms with Crippen molar-refractivity contribution in [1.82, 2.24) is 38.2 Å². The number of imidazole rings is 2. The minimum absolute atomic E-state index is 0.118. The number of fused-ring (bicyclic) bond motifs is 2. The first-order chi connectivity index (χ1) is 12.2. The summed E-state index contributed by atoms with van der Waals surface area (Å²) >= 11 is 0. The van der Waals surface area contributed by atoms with Crippen molar-refractivity contribution < 1.29 is 0 Å². The molecule has 4 aromatic heterocycles. The van der Waals surface area contributed by atoms with Gasteiger partial charge < -0.3 is 4.57 Å². The Kier molecular flexibility index (Phi) is 4.06. The maximum Gasteiger partial charge on any atom is 0.328 e. The third-order valence-electron chi connectivity index (χ3n) is 4.18. The van der Waals surface area contributed by atoms with Gasteiger partial charge in [0.2, 0.25) is 0 Å². The van der Waals surface area contributed by atoms with Crippen LogP contribution in [-0.4, -0.2) is 38.2 Å². The van der Waals surface area contributed by atoms with Crippen molar-refractivity contribution in [2.24, 2.45) is 35.2 Å². The summed E-state index contributed by atoms with van der Waals surface area (Å²) in [6.45, 7) is 0. The van der Waals surface area contributed by atoms with Crippen LogP contribution in [0.3, 0.4) is 0 Å². The van der Waals surface area contributed by atoms with E-state index in [9.17, 15) is 14.4 Å². The van der Waals surface area contributed by atoms with E-state index in [1.807, 2.05) is 0 Å². The Morgan fingerprint density at radius 1 is 0.769 bits per heavy atom. The van der Waals surface area contributed by atoms with E-state index in [-0.39, 0.29) is 16.8 Å². The SMILES string of the molecule is Cn1ncc2c(c1=O)n(C)c(=O)n2C.Cn1ncc2ncn(C)c2c1=O. The van der Waals surface area contributed by atoms with Crippen molar-refractivity contribution in [2.45, 2.75) is 0 Å². The average molecular weight is 358 g/mol. The lowest BCUT2D eigenvalue weighted by molar-refractivity contribution is 0.711. The smallest absolute Gasteiger partial charge is 0.328 e. The van der Waals surface area contributed by atoms with Crippen molar-refractivity contribution >= 4 is 22.1 Å². The Morgan fingerprint density at radius 3 is 2.00 bits per heavy atom. The molecule has 0 bridgehead atoms. The standard InChI is InChI=1S/C8H10N4O2.C7H8N4O/c1-10-5-4-9-12(3)7(13)6(5)11(2)8(10)14;1-10-4-8-5-3-9-11(2)7(12)6(5)10/h4H,1-3H3;3-4H,1-2H3. The molecule has 0 saturated carbocycles. The molecule has 0 fully saturated rings. The van der Waals surface area contributed by atoms with Crippen molar-refractivity contribution in [2.75, 3.05) is 0 Å². The third kappa shape index (κ3) is 2.53. The summed E-state index contributed by atoms with van der Waals surface area (Å²) in [5.74, 6) is 0. The number of rotatable bonds is 0. The Balaban J connectivity index is 0.000000152. The topological polar surface area (TPSA) is 115 Å². The summed E-state index contributed by atoms with van der Waals surface area (Å²) in [5, 5.41) is 7.70. The minimum atomic E-state index is -0.261. The second-order valence-corrected chi connectivity index (χ2v) is 5.87. The predicted molar refractivity (Wildman–Crippen MR) is 94.9 cm³/mol. The molecule has 0 aliphatic carbocycles. The van der Waals surface area contributed by atoms with E-state index in [2.05, 4.69) is 15.2 Å². The van der Waals surface area contributed by atoms with E-state index < -0.39 is 0 Å². The molecule has 4 heterocycles. The van der Waals surface area contributed by atoms with Gasteiger partial charge in [0.25, 0.3) is 11.1 Å². The van der Waals surface area contributed by atoms with Gasteiger partial charge in [0.1, 0.15) is 16.6 Å². The number of aryl methyl sites for hydroxylation is 5. The largest absolute Gasteiger partial charge is 0.329 e. The van der Waals surface area contributed by atoms with E-state index in [1.165, 1.54) is 24.7 Å². The van der Waals surface area contributed by atoms with Crippen LogP contribution in [0, 0.1) is 0 Å². The molecule has 0 unspecified atom stereocenters. The highest BCUT2D eigenvalue weighted by Crippen LogP contribution is 2.03. The molecule has 26 heavy (non-hydrogen) atoms. The normalized spacial score (nSPS) is 11.0. The van der Waals surface area contributed by atoms with Crippen molar-refractivity contribution in [3.8, 4) is 0 Å². The summed E-state index contributed by atoms with van der Waals surface area (Å²) in [6.07, 6.45) is 4.70. The second-order valence-electron chi connectivity index (χ2n) is 5.87. The summed E-state index contributed by atoms with van der Waals surface area (Å²) in [7, 11) is 8.16. The molecule has 0 aromatic carbocycles. The summed E-state index contributed by atoms with van der Waals surface area (Å²) in [6, 6.07) is 0. The van der Waals surface area contributed by atoms with Gasteiger partial charge >= 0.3 is 5.69 Å². The molecule has 4 rings (SSSR count). The lowest BCUT2D eigenvalue weighted by Crippen LogP contribution is -2.23. The first-order valence-electron chi connectivity index (χ1n) is 7.65. The molecule has 4 aromatic rings. The molecule has 136 valence electrons. The van der Waals surface area contributed by atoms with Crippen LogP contribution in [0.4, 0.5) is 0 Å². The molecule has 0 saturated heterocycles. The Morgan fingerprint density at radius 2 is 1.35 bits per heavy atom. The first kappa shape index (κ1) is 17.3. The maximum atomic E-state index is 11.6. The average Bonchev–Trinajstić information content (AvgIpc) is 3.09. The number of hydrogen-bond acceptors (Lipinski definition) is 6. The lowest BCUT2D eigenvalue weighted by Gasteiger charge is -1.96. The zero-order valence-electron chi connectivity index (χ0n) is 15.0. The molecule has 11 nitrogen and oxygen atoms in total. The fourth-order valence-electron chi connectivity index (χ4n) is 2.65. The molecule has 0 aliphatic rings. The summed E-state index contributed by atoms with van der Waals surface area (Å²) in [5.41, 5.74) is 1.57. The van der Waals surface area contributed by atoms with Gasteiger partial charge in [0, 0.05) is 35.2 Å². The maximum absolute atomic E-state index is 11.6. The number of hydrogen-bond donors (Lipinski definition) is 0. The zero-order chi connectivity index (χ0) is 19.2. The molecule has 11 heteroatoms. The quantitative estimate of drug-likeness (QED) is 0.383. The van der Waals surface area contributed by atoms with E-state index in [4.69, 9.17) is 0 Å². The van der Waals surface area contributed by atoms with Crippen LogP contribution < -0.4 is 16.8 Å². The van der Waals surface area contributed by atoms with E-state index in [0.29, 0.717) is 22.1 Å². The molecule has 0 atom stereocenters. The molecule has 0 spiro atoms. The van der Waals surface area contributed by atoms with Gasteiger partial charge in [0.05, 0.1) is 24.2 Å². The minimum Gasteiger partial charge on any atom is -0.329 e. The van der Waals surface area contributed by atoms with Gasteiger partial charge in [-0.3, -0.25) is 18.7 Å². The first-order valence-corrected chi connectivity index (χ1v) is 7.65. The molecule has 0 amide bonds. The van der Waals surface area contributed by atoms with Gasteiger partial charge in [-0.05, 0) is 0 Å². The van der Waals surface area contributed by atoms with Gasteiger partial charge in [-0.15, -0.1) is 0 Å². The van der Waals surface area contributed by atoms with Gasteiger partial charge in [-0.1, -0.05) is 0 Å². The van der Waals surface area contributed by atoms with Crippen LogP contribution in [-0.2, 0) is 35.2 Å². The monoisotopic (exact) mass is 358 g/mol. The van der Waals surface area contributed by atoms with Gasteiger partial charge in [-0.2, -0.15) is 10.2 Å². The number of aromatic nitrogens is 8. The Labute approximate surface area is 146 Å². The highest BCUT2D eigenvalue weighted by molar-refractivity contribution is 5.73. The van der Waals surface area contributed by atoms with Crippen LogP contribution in [0.15, 0.2) is 33.1 Å². The van der Waals surface area contributed by atoms with Crippen LogP contribution in [0.2, 0.25) is 0 Å². The van der Waals surface area contributed by atoms with Crippen LogP contribution in [0.5, 0.6) is 0 Å². The van der Waals surface area contributed by atoms with E-state index >= 15 is 0 Å². The highest BCUT2D eigenvalue weighted by atomic mass is 16.2. The van der Waals surface area contributed by atoms with Crippen LogP contribution in [0.25, 0.3) is 22.1 Å². The van der Waals surface area contributed by atoms with Gasteiger partial charge in [0.15, 0.2) is 0 Å². The second kappa shape index (κ2) is 6.10. The van der Waals surface area contributed by atoms with E-state index in [1.54, 1.807) is 52.3 Å². The Bertz CT molecular complexity index is 1300. The fraction of sp³-hybridized carbons (Fsp3) is 0.333. The highest BCUT2D eigenvalue weighted by Gasteiger charge is 2.11. The molecule has 0 aliphatic heterocycles. The van der Waals surface area contributed by atoms with Crippen LogP contribution >= 0.6 is 0 Å². The van der Waals surface area contributed by atoms with Crippen molar-refractivity contribution in [3.63, 3.8) is 0 Å². The van der Waals surface area contributed by atoms with Crippen LogP contribution in [0.1, 0.15) is 0 Å². The molecule has 0 N–H and O–H groups in total. The molecular weight excluding hydrogens is 340 g/mol. The summed E-state index contributed by atoms with van der Waals surface area (Å²) in [4.78, 5) is 38.6. The molecular formula is C15H18N8O3. The van der Waals surface area contributed by atoms with Crippen molar-refractivity contribution in [3.05, 3.63) is 49.9 Å². The predicted octanol–water partition coefficient (Wildman–Crippen LogP) is -1.36. The van der Waals surface area contributed by atoms with E-state index in [0.717, 1.165) is 0 Å². The van der Waals surface area contributed by atoms with Gasteiger partial charge in [-0.25, -0.2) is 19.1 Å². The lowest BCUT2D eigenvalue weighted by atomic mass is 10.4. The van der Waals surface area contributed by atoms with Crippen molar-refractivity contribution in [1.29, 1.82) is 0 Å². The zero-order valence-corrected chi connectivity index (χ0v) is 15.0.